The normalized spacial score (nSPS) is 11.7. The number of benzene rings is 1. The Labute approximate surface area is 141 Å². The lowest BCUT2D eigenvalue weighted by Gasteiger charge is -2.14. The smallest absolute Gasteiger partial charge is 0.262 e. The van der Waals surface area contributed by atoms with Crippen LogP contribution < -0.4 is 9.46 Å². The van der Waals surface area contributed by atoms with Crippen molar-refractivity contribution in [3.8, 4) is 5.75 Å². The molecule has 2 heterocycles. The lowest BCUT2D eigenvalue weighted by molar-refractivity contribution is 0.413. The van der Waals surface area contributed by atoms with Crippen LogP contribution in [0.4, 0.5) is 5.69 Å². The predicted octanol–water partition coefficient (Wildman–Crippen LogP) is 3.07. The van der Waals surface area contributed by atoms with Crippen LogP contribution in [0, 0.1) is 20.8 Å². The minimum atomic E-state index is -3.70. The van der Waals surface area contributed by atoms with Crippen molar-refractivity contribution >= 4 is 21.4 Å². The summed E-state index contributed by atoms with van der Waals surface area (Å²) in [4.78, 5) is 4.60. The van der Waals surface area contributed by atoms with Gasteiger partial charge in [0.25, 0.3) is 10.0 Å². The number of sulfonamides is 1. The Balaban J connectivity index is 2.01. The van der Waals surface area contributed by atoms with Crippen molar-refractivity contribution in [2.24, 2.45) is 0 Å². The average molecular weight is 345 g/mol. The van der Waals surface area contributed by atoms with E-state index in [0.29, 0.717) is 22.6 Å². The monoisotopic (exact) mass is 345 g/mol. The number of ether oxygens (including phenoxy) is 1. The Kier molecular flexibility index (Phi) is 3.96. The third-order valence-electron chi connectivity index (χ3n) is 3.76. The van der Waals surface area contributed by atoms with Crippen LogP contribution in [0.25, 0.3) is 5.65 Å². The van der Waals surface area contributed by atoms with E-state index in [0.717, 1.165) is 11.3 Å². The summed E-state index contributed by atoms with van der Waals surface area (Å²) in [5.74, 6) is 0.638. The Bertz CT molecular complexity index is 1000. The van der Waals surface area contributed by atoms with Gasteiger partial charge in [-0.05, 0) is 56.2 Å². The number of hydrogen-bond acceptors (Lipinski definition) is 4. The number of nitrogens with one attached hydrogen (secondary N) is 1. The molecule has 0 aliphatic heterocycles. The molecule has 0 saturated carbocycles. The standard InChI is InChI=1S/C17H19N3O3S/c1-11-7-15(23-4)8-12(2)17(11)24(21,22)19-14-5-6-16-18-13(3)9-20(16)10-14/h5-10,19H,1-4H3. The summed E-state index contributed by atoms with van der Waals surface area (Å²) < 4.78 is 35.2. The van der Waals surface area contributed by atoms with Crippen LogP contribution in [0.3, 0.4) is 0 Å². The fraction of sp³-hybridized carbons (Fsp3) is 0.235. The van der Waals surface area contributed by atoms with Crippen LogP contribution in [0.15, 0.2) is 41.6 Å². The molecule has 1 N–H and O–H groups in total. The van der Waals surface area contributed by atoms with E-state index in [1.165, 1.54) is 0 Å². The van der Waals surface area contributed by atoms with E-state index in [9.17, 15) is 8.42 Å². The molecule has 126 valence electrons. The number of anilines is 1. The molecule has 0 radical (unpaired) electrons. The molecule has 6 nitrogen and oxygen atoms in total. The zero-order chi connectivity index (χ0) is 17.5. The highest BCUT2D eigenvalue weighted by molar-refractivity contribution is 7.92. The molecule has 7 heteroatoms. The highest BCUT2D eigenvalue weighted by Crippen LogP contribution is 2.27. The SMILES string of the molecule is COc1cc(C)c(S(=O)(=O)Nc2ccc3nc(C)cn3c2)c(C)c1. The Morgan fingerprint density at radius 1 is 1.08 bits per heavy atom. The van der Waals surface area contributed by atoms with Crippen molar-refractivity contribution in [2.75, 3.05) is 11.8 Å². The second-order valence-corrected chi connectivity index (χ2v) is 7.38. The van der Waals surface area contributed by atoms with E-state index in [-0.39, 0.29) is 4.90 Å². The van der Waals surface area contributed by atoms with E-state index in [1.807, 2.05) is 13.1 Å². The molecular formula is C17H19N3O3S. The summed E-state index contributed by atoms with van der Waals surface area (Å²) >= 11 is 0. The summed E-state index contributed by atoms with van der Waals surface area (Å²) in [6.45, 7) is 5.40. The van der Waals surface area contributed by atoms with Crippen molar-refractivity contribution < 1.29 is 13.2 Å². The maximum Gasteiger partial charge on any atom is 0.262 e. The molecule has 0 spiro atoms. The Hall–Kier alpha value is -2.54. The summed E-state index contributed by atoms with van der Waals surface area (Å²) in [7, 11) is -2.14. The molecule has 0 unspecified atom stereocenters. The number of imidazole rings is 1. The first-order chi connectivity index (χ1) is 11.3. The Morgan fingerprint density at radius 2 is 1.75 bits per heavy atom. The number of pyridine rings is 1. The first-order valence-electron chi connectivity index (χ1n) is 7.43. The van der Waals surface area contributed by atoms with Crippen molar-refractivity contribution in [3.05, 3.63) is 53.5 Å². The van der Waals surface area contributed by atoms with Gasteiger partial charge in [-0.3, -0.25) is 4.72 Å². The van der Waals surface area contributed by atoms with Gasteiger partial charge in [0.1, 0.15) is 11.4 Å². The molecule has 0 aliphatic carbocycles. The van der Waals surface area contributed by atoms with Crippen LogP contribution in [0.1, 0.15) is 16.8 Å². The topological polar surface area (TPSA) is 72.7 Å². The first-order valence-corrected chi connectivity index (χ1v) is 8.92. The number of fused-ring (bicyclic) bond motifs is 1. The van der Waals surface area contributed by atoms with Crippen molar-refractivity contribution in [3.63, 3.8) is 0 Å². The molecule has 2 aromatic heterocycles. The number of hydrogen-bond donors (Lipinski definition) is 1. The molecule has 24 heavy (non-hydrogen) atoms. The second-order valence-electron chi connectivity index (χ2n) is 5.76. The second kappa shape index (κ2) is 5.83. The van der Waals surface area contributed by atoms with E-state index in [1.54, 1.807) is 55.8 Å². The summed E-state index contributed by atoms with van der Waals surface area (Å²) in [6, 6.07) is 6.90. The molecule has 0 saturated heterocycles. The van der Waals surface area contributed by atoms with Crippen LogP contribution in [-0.4, -0.2) is 24.9 Å². The largest absolute Gasteiger partial charge is 0.497 e. The molecule has 0 amide bonds. The van der Waals surface area contributed by atoms with Gasteiger partial charge in [-0.1, -0.05) is 0 Å². The van der Waals surface area contributed by atoms with Gasteiger partial charge in [-0.25, -0.2) is 13.4 Å². The first kappa shape index (κ1) is 16.3. The predicted molar refractivity (Wildman–Crippen MR) is 93.2 cm³/mol. The van der Waals surface area contributed by atoms with Crippen molar-refractivity contribution in [1.29, 1.82) is 0 Å². The zero-order valence-electron chi connectivity index (χ0n) is 14.0. The molecule has 0 aliphatic rings. The highest BCUT2D eigenvalue weighted by atomic mass is 32.2. The van der Waals surface area contributed by atoms with Gasteiger partial charge in [0, 0.05) is 12.4 Å². The number of aryl methyl sites for hydroxylation is 3. The molecule has 0 atom stereocenters. The third-order valence-corrected chi connectivity index (χ3v) is 5.45. The van der Waals surface area contributed by atoms with Gasteiger partial charge in [0.15, 0.2) is 0 Å². The van der Waals surface area contributed by atoms with Crippen LogP contribution in [-0.2, 0) is 10.0 Å². The molecule has 1 aromatic carbocycles. The molecule has 0 bridgehead atoms. The van der Waals surface area contributed by atoms with Crippen LogP contribution in [0.2, 0.25) is 0 Å². The number of aromatic nitrogens is 2. The van der Waals surface area contributed by atoms with Crippen LogP contribution >= 0.6 is 0 Å². The lowest BCUT2D eigenvalue weighted by Crippen LogP contribution is -2.16. The fourth-order valence-corrected chi connectivity index (χ4v) is 4.34. The zero-order valence-corrected chi connectivity index (χ0v) is 14.8. The van der Waals surface area contributed by atoms with E-state index in [2.05, 4.69) is 9.71 Å². The van der Waals surface area contributed by atoms with Gasteiger partial charge in [-0.2, -0.15) is 0 Å². The molecule has 3 rings (SSSR count). The molecular weight excluding hydrogens is 326 g/mol. The van der Waals surface area contributed by atoms with E-state index >= 15 is 0 Å². The number of nitrogens with zero attached hydrogens (tertiary/aromatic N) is 2. The quantitative estimate of drug-likeness (QED) is 0.789. The van der Waals surface area contributed by atoms with E-state index in [4.69, 9.17) is 4.74 Å². The van der Waals surface area contributed by atoms with Crippen molar-refractivity contribution in [1.82, 2.24) is 9.38 Å². The maximum absolute atomic E-state index is 12.8. The molecule has 3 aromatic rings. The minimum Gasteiger partial charge on any atom is -0.497 e. The van der Waals surface area contributed by atoms with Crippen molar-refractivity contribution in [2.45, 2.75) is 25.7 Å². The van der Waals surface area contributed by atoms with Gasteiger partial charge in [-0.15, -0.1) is 0 Å². The summed E-state index contributed by atoms with van der Waals surface area (Å²) in [6.07, 6.45) is 3.55. The van der Waals surface area contributed by atoms with E-state index < -0.39 is 10.0 Å². The number of rotatable bonds is 4. The number of methoxy groups -OCH3 is 1. The Morgan fingerprint density at radius 3 is 2.38 bits per heavy atom. The minimum absolute atomic E-state index is 0.269. The summed E-state index contributed by atoms with van der Waals surface area (Å²) in [5, 5.41) is 0. The van der Waals surface area contributed by atoms with Gasteiger partial charge < -0.3 is 9.14 Å². The highest BCUT2D eigenvalue weighted by Gasteiger charge is 2.21. The summed E-state index contributed by atoms with van der Waals surface area (Å²) in [5.41, 5.74) is 3.40. The maximum atomic E-state index is 12.8. The third kappa shape index (κ3) is 2.94. The lowest BCUT2D eigenvalue weighted by atomic mass is 10.1. The van der Waals surface area contributed by atoms with Gasteiger partial charge in [0.05, 0.1) is 23.4 Å². The van der Waals surface area contributed by atoms with Crippen LogP contribution in [0.5, 0.6) is 5.75 Å². The van der Waals surface area contributed by atoms with Gasteiger partial charge >= 0.3 is 0 Å². The fourth-order valence-electron chi connectivity index (χ4n) is 2.84. The van der Waals surface area contributed by atoms with Gasteiger partial charge in [0.2, 0.25) is 0 Å². The molecule has 0 fully saturated rings. The average Bonchev–Trinajstić information content (AvgIpc) is 2.84.